The summed E-state index contributed by atoms with van der Waals surface area (Å²) >= 11 is 2.30. The van der Waals surface area contributed by atoms with Crippen molar-refractivity contribution in [1.82, 2.24) is 5.16 Å². The summed E-state index contributed by atoms with van der Waals surface area (Å²) in [5.41, 5.74) is 2.06. The topological polar surface area (TPSA) is 26.0 Å². The van der Waals surface area contributed by atoms with Crippen LogP contribution in [0.3, 0.4) is 0 Å². The van der Waals surface area contributed by atoms with Crippen molar-refractivity contribution < 1.29 is 4.52 Å². The maximum Gasteiger partial charge on any atom is 0.137 e. The zero-order valence-corrected chi connectivity index (χ0v) is 9.98. The number of rotatable bonds is 2. The van der Waals surface area contributed by atoms with Gasteiger partial charge in [0.15, 0.2) is 0 Å². The van der Waals surface area contributed by atoms with Crippen molar-refractivity contribution in [2.45, 2.75) is 13.3 Å². The molecule has 0 radical (unpaired) electrons. The fourth-order valence-electron chi connectivity index (χ4n) is 1.28. The Hall–Kier alpha value is -0.840. The Balaban J connectivity index is 2.44. The Morgan fingerprint density at radius 3 is 2.79 bits per heavy atom. The Labute approximate surface area is 96.4 Å². The maximum absolute atomic E-state index is 5.17. The molecule has 1 aromatic heterocycles. The number of nitrogens with zero attached hydrogens (tertiary/aromatic N) is 1. The Kier molecular flexibility index (Phi) is 2.86. The van der Waals surface area contributed by atoms with Gasteiger partial charge in [-0.05, 0) is 28.7 Å². The van der Waals surface area contributed by atoms with Gasteiger partial charge in [0.05, 0.1) is 0 Å². The highest BCUT2D eigenvalue weighted by atomic mass is 127. The number of halogens is 1. The van der Waals surface area contributed by atoms with Gasteiger partial charge in [-0.1, -0.05) is 30.3 Å². The third-order valence-corrected chi connectivity index (χ3v) is 3.00. The van der Waals surface area contributed by atoms with Crippen LogP contribution in [0.5, 0.6) is 0 Å². The van der Waals surface area contributed by atoms with Crippen molar-refractivity contribution in [2.24, 2.45) is 0 Å². The maximum atomic E-state index is 5.17. The van der Waals surface area contributed by atoms with Crippen LogP contribution in [-0.4, -0.2) is 5.16 Å². The molecule has 72 valence electrons. The van der Waals surface area contributed by atoms with Gasteiger partial charge >= 0.3 is 0 Å². The average molecular weight is 299 g/mol. The van der Waals surface area contributed by atoms with Crippen LogP contribution in [0.15, 0.2) is 34.9 Å². The number of hydrogen-bond donors (Lipinski definition) is 0. The number of aromatic nitrogens is 1. The fraction of sp³-hybridized carbons (Fsp3) is 0.182. The molecule has 2 rings (SSSR count). The highest BCUT2D eigenvalue weighted by Gasteiger charge is 2.07. The van der Waals surface area contributed by atoms with E-state index in [2.05, 4.69) is 46.8 Å². The SMILES string of the molecule is CCc1cc(-c2ccccc2I)no1. The summed E-state index contributed by atoms with van der Waals surface area (Å²) in [5.74, 6) is 0.930. The first-order valence-corrected chi connectivity index (χ1v) is 5.59. The van der Waals surface area contributed by atoms with Gasteiger partial charge in [0.2, 0.25) is 0 Å². The Morgan fingerprint density at radius 2 is 2.14 bits per heavy atom. The first kappa shape index (κ1) is 9.71. The van der Waals surface area contributed by atoms with E-state index >= 15 is 0 Å². The standard InChI is InChI=1S/C11H10INO/c1-2-8-7-11(13-14-8)9-5-3-4-6-10(9)12/h3-7H,2H2,1H3. The quantitative estimate of drug-likeness (QED) is 0.793. The van der Waals surface area contributed by atoms with Gasteiger partial charge in [0.1, 0.15) is 11.5 Å². The van der Waals surface area contributed by atoms with E-state index in [1.807, 2.05) is 18.2 Å². The van der Waals surface area contributed by atoms with E-state index < -0.39 is 0 Å². The van der Waals surface area contributed by atoms with E-state index in [0.717, 1.165) is 23.4 Å². The van der Waals surface area contributed by atoms with E-state index in [1.54, 1.807) is 0 Å². The second-order valence-electron chi connectivity index (χ2n) is 3.01. The summed E-state index contributed by atoms with van der Waals surface area (Å²) in [6.45, 7) is 2.06. The molecule has 0 spiro atoms. The largest absolute Gasteiger partial charge is 0.361 e. The molecule has 0 aliphatic carbocycles. The highest BCUT2D eigenvalue weighted by molar-refractivity contribution is 14.1. The Morgan fingerprint density at radius 1 is 1.36 bits per heavy atom. The molecule has 0 N–H and O–H groups in total. The predicted molar refractivity (Wildman–Crippen MR) is 64.0 cm³/mol. The molecular formula is C11H10INO. The lowest BCUT2D eigenvalue weighted by Gasteiger charge is -1.97. The van der Waals surface area contributed by atoms with Crippen LogP contribution < -0.4 is 0 Å². The molecule has 0 aliphatic heterocycles. The fourth-order valence-corrected chi connectivity index (χ4v) is 1.94. The molecule has 0 saturated carbocycles. The lowest BCUT2D eigenvalue weighted by molar-refractivity contribution is 0.389. The molecule has 1 aromatic carbocycles. The van der Waals surface area contributed by atoms with E-state index in [-0.39, 0.29) is 0 Å². The third-order valence-electron chi connectivity index (χ3n) is 2.06. The summed E-state index contributed by atoms with van der Waals surface area (Å²) in [6.07, 6.45) is 0.885. The second-order valence-corrected chi connectivity index (χ2v) is 4.17. The first-order chi connectivity index (χ1) is 6.81. The van der Waals surface area contributed by atoms with Crippen molar-refractivity contribution in [3.63, 3.8) is 0 Å². The van der Waals surface area contributed by atoms with E-state index in [1.165, 1.54) is 3.57 Å². The normalized spacial score (nSPS) is 10.4. The van der Waals surface area contributed by atoms with Crippen LogP contribution in [0.25, 0.3) is 11.3 Å². The second kappa shape index (κ2) is 4.13. The minimum Gasteiger partial charge on any atom is -0.361 e. The minimum atomic E-state index is 0.885. The van der Waals surface area contributed by atoms with Crippen LogP contribution in [0.4, 0.5) is 0 Å². The van der Waals surface area contributed by atoms with Crippen LogP contribution in [0.1, 0.15) is 12.7 Å². The molecule has 0 atom stereocenters. The number of aryl methyl sites for hydroxylation is 1. The molecule has 0 bridgehead atoms. The van der Waals surface area contributed by atoms with Gasteiger partial charge in [-0.25, -0.2) is 0 Å². The Bertz CT molecular complexity index is 436. The van der Waals surface area contributed by atoms with Crippen LogP contribution in [0, 0.1) is 3.57 Å². The van der Waals surface area contributed by atoms with E-state index in [0.29, 0.717) is 0 Å². The van der Waals surface area contributed by atoms with E-state index in [9.17, 15) is 0 Å². The lowest BCUT2D eigenvalue weighted by Crippen LogP contribution is -1.80. The van der Waals surface area contributed by atoms with Crippen molar-refractivity contribution in [2.75, 3.05) is 0 Å². The molecule has 0 amide bonds. The summed E-state index contributed by atoms with van der Waals surface area (Å²) in [4.78, 5) is 0. The molecule has 0 unspecified atom stereocenters. The lowest BCUT2D eigenvalue weighted by atomic mass is 10.1. The summed E-state index contributed by atoms with van der Waals surface area (Å²) in [5, 5.41) is 4.04. The molecule has 0 saturated heterocycles. The minimum absolute atomic E-state index is 0.885. The zero-order chi connectivity index (χ0) is 9.97. The molecule has 3 heteroatoms. The van der Waals surface area contributed by atoms with E-state index in [4.69, 9.17) is 4.52 Å². The van der Waals surface area contributed by atoms with Gasteiger partial charge in [0.25, 0.3) is 0 Å². The summed E-state index contributed by atoms with van der Waals surface area (Å²) in [7, 11) is 0. The average Bonchev–Trinajstić information content (AvgIpc) is 2.67. The van der Waals surface area contributed by atoms with Gasteiger partial charge < -0.3 is 4.52 Å². The summed E-state index contributed by atoms with van der Waals surface area (Å²) in [6, 6.07) is 10.1. The number of hydrogen-bond acceptors (Lipinski definition) is 2. The summed E-state index contributed by atoms with van der Waals surface area (Å²) < 4.78 is 6.37. The van der Waals surface area contributed by atoms with Crippen molar-refractivity contribution in [1.29, 1.82) is 0 Å². The van der Waals surface area contributed by atoms with Gasteiger partial charge in [-0.3, -0.25) is 0 Å². The third kappa shape index (κ3) is 1.82. The molecule has 1 heterocycles. The molecule has 0 aliphatic rings. The first-order valence-electron chi connectivity index (χ1n) is 4.51. The van der Waals surface area contributed by atoms with Crippen molar-refractivity contribution in [3.05, 3.63) is 39.7 Å². The smallest absolute Gasteiger partial charge is 0.137 e. The monoisotopic (exact) mass is 299 g/mol. The van der Waals surface area contributed by atoms with Crippen LogP contribution in [0.2, 0.25) is 0 Å². The predicted octanol–water partition coefficient (Wildman–Crippen LogP) is 3.51. The zero-order valence-electron chi connectivity index (χ0n) is 7.83. The molecule has 2 nitrogen and oxygen atoms in total. The van der Waals surface area contributed by atoms with Crippen LogP contribution in [-0.2, 0) is 6.42 Å². The van der Waals surface area contributed by atoms with Gasteiger partial charge in [-0.2, -0.15) is 0 Å². The van der Waals surface area contributed by atoms with Gasteiger partial charge in [-0.15, -0.1) is 0 Å². The van der Waals surface area contributed by atoms with Crippen LogP contribution >= 0.6 is 22.6 Å². The molecular weight excluding hydrogens is 289 g/mol. The van der Waals surface area contributed by atoms with Gasteiger partial charge in [0, 0.05) is 21.6 Å². The van der Waals surface area contributed by atoms with Crippen molar-refractivity contribution in [3.8, 4) is 11.3 Å². The van der Waals surface area contributed by atoms with Crippen molar-refractivity contribution >= 4 is 22.6 Å². The highest BCUT2D eigenvalue weighted by Crippen LogP contribution is 2.24. The number of benzene rings is 1. The molecule has 14 heavy (non-hydrogen) atoms. The molecule has 0 fully saturated rings. The molecule has 2 aromatic rings.